The number of alkyl halides is 3. The van der Waals surface area contributed by atoms with Crippen LogP contribution in [0.4, 0.5) is 30.2 Å². The van der Waals surface area contributed by atoms with Crippen LogP contribution in [0, 0.1) is 17.0 Å². The van der Waals surface area contributed by atoms with Gasteiger partial charge in [-0.25, -0.2) is 0 Å². The predicted octanol–water partition coefficient (Wildman–Crippen LogP) is 4.74. The van der Waals surface area contributed by atoms with Crippen molar-refractivity contribution in [3.8, 4) is 5.75 Å². The second-order valence-corrected chi connectivity index (χ2v) is 6.54. The highest BCUT2D eigenvalue weighted by Crippen LogP contribution is 2.36. The van der Waals surface area contributed by atoms with E-state index < -0.39 is 22.6 Å². The standard InChI is InChI=1S/C17H15BrF3N3O4/c1-9-5-14(24(26)27)15(28-2)7-13(9)23-16(25)8-22-10-3-4-12(18)11(6-10)17(19,20)21/h3-7,22H,8H2,1-2H3,(H,23,25). The number of rotatable bonds is 6. The Morgan fingerprint density at radius 3 is 2.54 bits per heavy atom. The molecule has 2 aromatic carbocycles. The molecule has 0 aliphatic rings. The lowest BCUT2D eigenvalue weighted by Crippen LogP contribution is -2.22. The first-order valence-electron chi connectivity index (χ1n) is 7.76. The highest BCUT2D eigenvalue weighted by atomic mass is 79.9. The number of hydrogen-bond donors (Lipinski definition) is 2. The minimum atomic E-state index is -4.54. The Balaban J connectivity index is 2.10. The molecule has 2 aromatic rings. The van der Waals surface area contributed by atoms with Crippen LogP contribution in [-0.4, -0.2) is 24.5 Å². The van der Waals surface area contributed by atoms with Crippen molar-refractivity contribution in [3.05, 3.63) is 56.0 Å². The van der Waals surface area contributed by atoms with E-state index in [2.05, 4.69) is 26.6 Å². The summed E-state index contributed by atoms with van der Waals surface area (Å²) in [5, 5.41) is 16.1. The lowest BCUT2D eigenvalue weighted by molar-refractivity contribution is -0.385. The van der Waals surface area contributed by atoms with Crippen LogP contribution in [0.25, 0.3) is 0 Å². The van der Waals surface area contributed by atoms with Gasteiger partial charge in [0.05, 0.1) is 24.1 Å². The van der Waals surface area contributed by atoms with E-state index in [9.17, 15) is 28.1 Å². The molecule has 1 amide bonds. The van der Waals surface area contributed by atoms with Gasteiger partial charge in [-0.05, 0) is 30.7 Å². The molecule has 0 heterocycles. The van der Waals surface area contributed by atoms with Gasteiger partial charge >= 0.3 is 11.9 Å². The summed E-state index contributed by atoms with van der Waals surface area (Å²) >= 11 is 2.84. The largest absolute Gasteiger partial charge is 0.490 e. The monoisotopic (exact) mass is 461 g/mol. The normalized spacial score (nSPS) is 11.1. The van der Waals surface area contributed by atoms with E-state index >= 15 is 0 Å². The fourth-order valence-electron chi connectivity index (χ4n) is 2.34. The Hall–Kier alpha value is -2.82. The molecule has 0 saturated carbocycles. The van der Waals surface area contributed by atoms with Crippen LogP contribution in [0.2, 0.25) is 0 Å². The molecule has 0 aliphatic heterocycles. The molecule has 0 aromatic heterocycles. The number of aryl methyl sites for hydroxylation is 1. The number of hydrogen-bond acceptors (Lipinski definition) is 5. The van der Waals surface area contributed by atoms with E-state index in [0.717, 1.165) is 6.07 Å². The summed E-state index contributed by atoms with van der Waals surface area (Å²) in [6, 6.07) is 6.08. The number of benzene rings is 2. The number of nitro benzene ring substituents is 1. The van der Waals surface area contributed by atoms with Gasteiger partial charge in [0.15, 0.2) is 5.75 Å². The van der Waals surface area contributed by atoms with Crippen LogP contribution in [-0.2, 0) is 11.0 Å². The Morgan fingerprint density at radius 2 is 1.96 bits per heavy atom. The maximum Gasteiger partial charge on any atom is 0.417 e. The number of nitrogens with one attached hydrogen (secondary N) is 2. The summed E-state index contributed by atoms with van der Waals surface area (Å²) in [6.45, 7) is 1.26. The van der Waals surface area contributed by atoms with Crippen molar-refractivity contribution in [2.75, 3.05) is 24.3 Å². The van der Waals surface area contributed by atoms with Crippen molar-refractivity contribution in [2.45, 2.75) is 13.1 Å². The molecule has 0 aliphatic carbocycles. The Labute approximate surface area is 166 Å². The van der Waals surface area contributed by atoms with Gasteiger partial charge in [-0.2, -0.15) is 13.2 Å². The van der Waals surface area contributed by atoms with E-state index in [1.807, 2.05) is 0 Å². The lowest BCUT2D eigenvalue weighted by atomic mass is 10.1. The van der Waals surface area contributed by atoms with Crippen molar-refractivity contribution in [3.63, 3.8) is 0 Å². The first kappa shape index (κ1) is 21.5. The minimum Gasteiger partial charge on any atom is -0.490 e. The third-order valence-electron chi connectivity index (χ3n) is 3.72. The van der Waals surface area contributed by atoms with Crippen LogP contribution in [0.15, 0.2) is 34.8 Å². The maximum atomic E-state index is 12.9. The summed E-state index contributed by atoms with van der Waals surface area (Å²) in [5.41, 5.74) is -0.270. The summed E-state index contributed by atoms with van der Waals surface area (Å²) in [5.74, 6) is -0.572. The van der Waals surface area contributed by atoms with Crippen LogP contribution < -0.4 is 15.4 Å². The molecular weight excluding hydrogens is 447 g/mol. The molecule has 7 nitrogen and oxygen atoms in total. The van der Waals surface area contributed by atoms with Crippen LogP contribution in [0.5, 0.6) is 5.75 Å². The maximum absolute atomic E-state index is 12.9. The molecule has 2 rings (SSSR count). The average Bonchev–Trinajstić information content (AvgIpc) is 2.61. The van der Waals surface area contributed by atoms with Crippen molar-refractivity contribution >= 4 is 38.9 Å². The number of halogens is 4. The summed E-state index contributed by atoms with van der Waals surface area (Å²) in [4.78, 5) is 22.5. The molecule has 28 heavy (non-hydrogen) atoms. The van der Waals surface area contributed by atoms with Gasteiger partial charge in [-0.15, -0.1) is 0 Å². The lowest BCUT2D eigenvalue weighted by Gasteiger charge is -2.13. The molecule has 150 valence electrons. The number of nitrogens with zero attached hydrogens (tertiary/aromatic N) is 1. The third-order valence-corrected chi connectivity index (χ3v) is 4.41. The van der Waals surface area contributed by atoms with E-state index in [1.165, 1.54) is 31.4 Å². The number of ether oxygens (including phenoxy) is 1. The highest BCUT2D eigenvalue weighted by molar-refractivity contribution is 9.10. The number of methoxy groups -OCH3 is 1. The van der Waals surface area contributed by atoms with Gasteiger partial charge in [0.2, 0.25) is 5.91 Å². The van der Waals surface area contributed by atoms with Gasteiger partial charge in [0.1, 0.15) is 0 Å². The van der Waals surface area contributed by atoms with Crippen LogP contribution in [0.3, 0.4) is 0 Å². The van der Waals surface area contributed by atoms with Gasteiger partial charge in [0.25, 0.3) is 0 Å². The first-order valence-corrected chi connectivity index (χ1v) is 8.55. The number of anilines is 2. The topological polar surface area (TPSA) is 93.5 Å². The summed E-state index contributed by atoms with van der Waals surface area (Å²) < 4.78 is 43.6. The molecule has 2 N–H and O–H groups in total. The minimum absolute atomic E-state index is 0.0263. The second kappa shape index (κ2) is 8.46. The fraction of sp³-hybridized carbons (Fsp3) is 0.235. The SMILES string of the molecule is COc1cc(NC(=O)CNc2ccc(Br)c(C(F)(F)F)c2)c(C)cc1[N+](=O)[O-]. The number of carbonyl (C=O) groups is 1. The van der Waals surface area contributed by atoms with Crippen LogP contribution >= 0.6 is 15.9 Å². The van der Waals surface area contributed by atoms with Gasteiger partial charge in [-0.3, -0.25) is 14.9 Å². The van der Waals surface area contributed by atoms with Crippen LogP contribution in [0.1, 0.15) is 11.1 Å². The molecule has 0 atom stereocenters. The third kappa shape index (κ3) is 5.12. The number of carbonyl (C=O) groups excluding carboxylic acids is 1. The average molecular weight is 462 g/mol. The van der Waals surface area contributed by atoms with Crippen molar-refractivity contribution in [2.24, 2.45) is 0 Å². The van der Waals surface area contributed by atoms with E-state index in [0.29, 0.717) is 11.3 Å². The Kier molecular flexibility index (Phi) is 6.49. The zero-order valence-electron chi connectivity index (χ0n) is 14.7. The van der Waals surface area contributed by atoms with Gasteiger partial charge in [-0.1, -0.05) is 15.9 Å². The summed E-state index contributed by atoms with van der Waals surface area (Å²) in [7, 11) is 1.26. The van der Waals surface area contributed by atoms with E-state index in [4.69, 9.17) is 4.74 Å². The molecule has 0 unspecified atom stereocenters. The zero-order chi connectivity index (χ0) is 21.1. The smallest absolute Gasteiger partial charge is 0.417 e. The quantitative estimate of drug-likeness (QED) is 0.478. The number of nitro groups is 1. The molecule has 0 fully saturated rings. The predicted molar refractivity (Wildman–Crippen MR) is 101 cm³/mol. The van der Waals surface area contributed by atoms with Gasteiger partial charge in [0, 0.05) is 28.0 Å². The molecular formula is C17H15BrF3N3O4. The molecule has 0 spiro atoms. The molecule has 0 bridgehead atoms. The number of amides is 1. The van der Waals surface area contributed by atoms with Gasteiger partial charge < -0.3 is 15.4 Å². The zero-order valence-corrected chi connectivity index (χ0v) is 16.3. The molecule has 0 radical (unpaired) electrons. The molecule has 0 saturated heterocycles. The first-order chi connectivity index (χ1) is 13.0. The van der Waals surface area contributed by atoms with E-state index in [1.54, 1.807) is 6.92 Å². The van der Waals surface area contributed by atoms with Crippen molar-refractivity contribution < 1.29 is 27.6 Å². The van der Waals surface area contributed by atoms with E-state index in [-0.39, 0.29) is 28.1 Å². The Morgan fingerprint density at radius 1 is 1.29 bits per heavy atom. The highest BCUT2D eigenvalue weighted by Gasteiger charge is 2.33. The summed E-state index contributed by atoms with van der Waals surface area (Å²) in [6.07, 6.45) is -4.54. The van der Waals surface area contributed by atoms with Crippen molar-refractivity contribution in [1.82, 2.24) is 0 Å². The molecule has 11 heteroatoms. The van der Waals surface area contributed by atoms with Crippen molar-refractivity contribution in [1.29, 1.82) is 0 Å². The second-order valence-electron chi connectivity index (χ2n) is 5.69. The fourth-order valence-corrected chi connectivity index (χ4v) is 2.81. The Bertz CT molecular complexity index is 919.